The fraction of sp³-hybridized carbons (Fsp3) is 0.733. The summed E-state index contributed by atoms with van der Waals surface area (Å²) >= 11 is 0. The molecule has 2 fully saturated rings. The van der Waals surface area contributed by atoms with Crippen LogP contribution in [0.4, 0.5) is 5.82 Å². The second kappa shape index (κ2) is 5.30. The number of likely N-dealkylation sites (N-methyl/N-ethyl adjacent to an activating group) is 1. The molecule has 3 rings (SSSR count). The highest BCUT2D eigenvalue weighted by Gasteiger charge is 2.31. The Morgan fingerprint density at radius 3 is 2.65 bits per heavy atom. The number of piperazine rings is 1. The van der Waals surface area contributed by atoms with Crippen LogP contribution in [0.1, 0.15) is 32.4 Å². The predicted octanol–water partition coefficient (Wildman–Crippen LogP) is 1.26. The van der Waals surface area contributed by atoms with Gasteiger partial charge in [-0.2, -0.15) is 5.10 Å². The van der Waals surface area contributed by atoms with Crippen molar-refractivity contribution in [2.75, 3.05) is 31.6 Å². The lowest BCUT2D eigenvalue weighted by Gasteiger charge is -2.45. The Balaban J connectivity index is 1.61. The van der Waals surface area contributed by atoms with E-state index < -0.39 is 0 Å². The van der Waals surface area contributed by atoms with Crippen molar-refractivity contribution in [2.45, 2.75) is 44.8 Å². The van der Waals surface area contributed by atoms with E-state index in [0.29, 0.717) is 0 Å². The van der Waals surface area contributed by atoms with E-state index in [1.807, 2.05) is 0 Å². The van der Waals surface area contributed by atoms with Gasteiger partial charge in [-0.15, -0.1) is 5.10 Å². The molecule has 110 valence electrons. The van der Waals surface area contributed by atoms with Crippen LogP contribution in [0, 0.1) is 0 Å². The second-order valence-corrected chi connectivity index (χ2v) is 6.69. The van der Waals surface area contributed by atoms with Crippen LogP contribution < -0.4 is 10.2 Å². The van der Waals surface area contributed by atoms with Gasteiger partial charge in [-0.05, 0) is 45.9 Å². The first-order valence-electron chi connectivity index (χ1n) is 7.57. The number of hydrogen-bond donors (Lipinski definition) is 1. The first kappa shape index (κ1) is 13.8. The Bertz CT molecular complexity index is 452. The number of anilines is 1. The highest BCUT2D eigenvalue weighted by Crippen LogP contribution is 2.23. The standard InChI is InChI=1S/C15H25N5/c1-15(2)11-20(9-8-19(15)3)14-7-6-13(17-18-14)10-16-12-4-5-12/h6-7,12,16H,4-5,8-11H2,1-3H3. The van der Waals surface area contributed by atoms with Gasteiger partial charge in [0.15, 0.2) is 5.82 Å². The molecule has 0 bridgehead atoms. The molecule has 1 saturated heterocycles. The molecular formula is C15H25N5. The Morgan fingerprint density at radius 1 is 1.25 bits per heavy atom. The van der Waals surface area contributed by atoms with Crippen molar-refractivity contribution in [1.82, 2.24) is 20.4 Å². The van der Waals surface area contributed by atoms with Crippen molar-refractivity contribution >= 4 is 5.82 Å². The molecule has 1 saturated carbocycles. The lowest BCUT2D eigenvalue weighted by Crippen LogP contribution is -2.57. The summed E-state index contributed by atoms with van der Waals surface area (Å²) in [7, 11) is 2.19. The highest BCUT2D eigenvalue weighted by atomic mass is 15.3. The van der Waals surface area contributed by atoms with Crippen molar-refractivity contribution < 1.29 is 0 Å². The van der Waals surface area contributed by atoms with Gasteiger partial charge in [0.05, 0.1) is 5.69 Å². The van der Waals surface area contributed by atoms with Gasteiger partial charge < -0.3 is 10.2 Å². The van der Waals surface area contributed by atoms with Gasteiger partial charge in [0.25, 0.3) is 0 Å². The number of nitrogens with one attached hydrogen (secondary N) is 1. The number of nitrogens with zero attached hydrogens (tertiary/aromatic N) is 4. The molecule has 20 heavy (non-hydrogen) atoms. The van der Waals surface area contributed by atoms with Crippen molar-refractivity contribution in [2.24, 2.45) is 0 Å². The molecule has 1 aliphatic heterocycles. The zero-order valence-electron chi connectivity index (χ0n) is 12.8. The van der Waals surface area contributed by atoms with Crippen molar-refractivity contribution in [3.8, 4) is 0 Å². The van der Waals surface area contributed by atoms with Gasteiger partial charge in [-0.25, -0.2) is 0 Å². The van der Waals surface area contributed by atoms with E-state index in [2.05, 4.69) is 58.3 Å². The lowest BCUT2D eigenvalue weighted by atomic mass is 10.00. The number of hydrogen-bond acceptors (Lipinski definition) is 5. The van der Waals surface area contributed by atoms with Crippen LogP contribution in [0.15, 0.2) is 12.1 Å². The SMILES string of the molecule is CN1CCN(c2ccc(CNC3CC3)nn2)CC1(C)C. The Morgan fingerprint density at radius 2 is 2.05 bits per heavy atom. The van der Waals surface area contributed by atoms with E-state index in [4.69, 9.17) is 0 Å². The molecule has 1 aromatic heterocycles. The molecule has 0 radical (unpaired) electrons. The van der Waals surface area contributed by atoms with Crippen LogP contribution in [0.2, 0.25) is 0 Å². The van der Waals surface area contributed by atoms with Gasteiger partial charge in [0.2, 0.25) is 0 Å². The third-order valence-electron chi connectivity index (χ3n) is 4.50. The molecule has 5 nitrogen and oxygen atoms in total. The van der Waals surface area contributed by atoms with Crippen LogP contribution in [0.25, 0.3) is 0 Å². The van der Waals surface area contributed by atoms with Gasteiger partial charge in [-0.3, -0.25) is 4.90 Å². The summed E-state index contributed by atoms with van der Waals surface area (Å²) in [5, 5.41) is 12.2. The summed E-state index contributed by atoms with van der Waals surface area (Å²) < 4.78 is 0. The molecular weight excluding hydrogens is 250 g/mol. The molecule has 1 aromatic rings. The minimum atomic E-state index is 0.187. The van der Waals surface area contributed by atoms with E-state index in [1.165, 1.54) is 12.8 Å². The molecule has 5 heteroatoms. The number of rotatable bonds is 4. The van der Waals surface area contributed by atoms with Crippen LogP contribution >= 0.6 is 0 Å². The van der Waals surface area contributed by atoms with Gasteiger partial charge in [0, 0.05) is 37.8 Å². The predicted molar refractivity (Wildman–Crippen MR) is 80.8 cm³/mol. The average molecular weight is 275 g/mol. The maximum Gasteiger partial charge on any atom is 0.151 e. The topological polar surface area (TPSA) is 44.3 Å². The van der Waals surface area contributed by atoms with Crippen molar-refractivity contribution in [1.29, 1.82) is 0 Å². The van der Waals surface area contributed by atoms with E-state index in [0.717, 1.165) is 43.7 Å². The fourth-order valence-electron chi connectivity index (χ4n) is 2.59. The molecule has 0 unspecified atom stereocenters. The zero-order chi connectivity index (χ0) is 14.2. The first-order chi connectivity index (χ1) is 9.54. The smallest absolute Gasteiger partial charge is 0.151 e. The van der Waals surface area contributed by atoms with Gasteiger partial charge in [-0.1, -0.05) is 0 Å². The molecule has 0 spiro atoms. The van der Waals surface area contributed by atoms with Gasteiger partial charge in [0.1, 0.15) is 0 Å². The summed E-state index contributed by atoms with van der Waals surface area (Å²) in [6.45, 7) is 8.49. The lowest BCUT2D eigenvalue weighted by molar-refractivity contribution is 0.138. The minimum absolute atomic E-state index is 0.187. The van der Waals surface area contributed by atoms with E-state index >= 15 is 0 Å². The normalized spacial score (nSPS) is 23.1. The van der Waals surface area contributed by atoms with Gasteiger partial charge >= 0.3 is 0 Å². The highest BCUT2D eigenvalue weighted by molar-refractivity contribution is 5.39. The number of aromatic nitrogens is 2. The maximum absolute atomic E-state index is 4.41. The van der Waals surface area contributed by atoms with Crippen molar-refractivity contribution in [3.05, 3.63) is 17.8 Å². The summed E-state index contributed by atoms with van der Waals surface area (Å²) in [6, 6.07) is 4.93. The average Bonchev–Trinajstić information content (AvgIpc) is 3.24. The Labute approximate surface area is 121 Å². The van der Waals surface area contributed by atoms with Crippen LogP contribution in [0.5, 0.6) is 0 Å². The van der Waals surface area contributed by atoms with E-state index in [-0.39, 0.29) is 5.54 Å². The van der Waals surface area contributed by atoms with E-state index in [1.54, 1.807) is 0 Å². The maximum atomic E-state index is 4.41. The Kier molecular flexibility index (Phi) is 3.65. The summed E-state index contributed by atoms with van der Waals surface area (Å²) in [5.74, 6) is 1.00. The minimum Gasteiger partial charge on any atom is -0.352 e. The largest absolute Gasteiger partial charge is 0.352 e. The molecule has 2 aliphatic rings. The van der Waals surface area contributed by atoms with Crippen LogP contribution in [-0.2, 0) is 6.54 Å². The molecule has 0 amide bonds. The molecule has 1 N–H and O–H groups in total. The summed E-state index contributed by atoms with van der Waals surface area (Å²) in [4.78, 5) is 4.75. The second-order valence-electron chi connectivity index (χ2n) is 6.69. The monoisotopic (exact) mass is 275 g/mol. The summed E-state index contributed by atoms with van der Waals surface area (Å²) in [6.07, 6.45) is 2.61. The molecule has 1 aliphatic carbocycles. The third kappa shape index (κ3) is 3.10. The first-order valence-corrected chi connectivity index (χ1v) is 7.57. The van der Waals surface area contributed by atoms with E-state index in [9.17, 15) is 0 Å². The molecule has 0 aromatic carbocycles. The van der Waals surface area contributed by atoms with Crippen LogP contribution in [-0.4, -0.2) is 53.4 Å². The molecule has 2 heterocycles. The Hall–Kier alpha value is -1.20. The third-order valence-corrected chi connectivity index (χ3v) is 4.50. The van der Waals surface area contributed by atoms with Crippen molar-refractivity contribution in [3.63, 3.8) is 0 Å². The summed E-state index contributed by atoms with van der Waals surface area (Å²) in [5.41, 5.74) is 1.22. The molecule has 0 atom stereocenters. The zero-order valence-corrected chi connectivity index (χ0v) is 12.8. The fourth-order valence-corrected chi connectivity index (χ4v) is 2.59. The van der Waals surface area contributed by atoms with Crippen LogP contribution in [0.3, 0.4) is 0 Å². The quantitative estimate of drug-likeness (QED) is 0.896.